The zero-order valence-corrected chi connectivity index (χ0v) is 12.0. The van der Waals surface area contributed by atoms with Crippen molar-refractivity contribution in [3.8, 4) is 0 Å². The molecule has 3 aromatic rings. The molecule has 1 aromatic carbocycles. The number of rotatable bonds is 3. The minimum absolute atomic E-state index is 0.401. The average molecular weight is 283 g/mol. The monoisotopic (exact) mass is 283 g/mol. The van der Waals surface area contributed by atoms with Gasteiger partial charge in [0.15, 0.2) is 5.82 Å². The highest BCUT2D eigenvalue weighted by atomic mass is 15.4. The van der Waals surface area contributed by atoms with E-state index >= 15 is 0 Å². The standard InChI is InChI=1S/C14H17N7/c1-14(2,16)11-7-21(20-19-11)8-12-17-10-6-4-3-5-9(10)13(15)18-12/h3-7H,8,16H2,1-2H3,(H2,15,17,18). The van der Waals surface area contributed by atoms with Gasteiger partial charge in [0.05, 0.1) is 17.3 Å². The molecule has 0 atom stereocenters. The Hall–Kier alpha value is -2.54. The van der Waals surface area contributed by atoms with Gasteiger partial charge in [-0.2, -0.15) is 0 Å². The number of anilines is 1. The molecular formula is C14H17N7. The summed E-state index contributed by atoms with van der Waals surface area (Å²) in [5, 5.41) is 8.97. The number of hydrogen-bond acceptors (Lipinski definition) is 6. The topological polar surface area (TPSA) is 109 Å². The second-order valence-corrected chi connectivity index (χ2v) is 5.57. The van der Waals surface area contributed by atoms with Gasteiger partial charge in [0.1, 0.15) is 18.1 Å². The van der Waals surface area contributed by atoms with Crippen molar-refractivity contribution < 1.29 is 0 Å². The average Bonchev–Trinajstić information content (AvgIpc) is 2.87. The predicted molar refractivity (Wildman–Crippen MR) is 80.3 cm³/mol. The zero-order chi connectivity index (χ0) is 15.0. The summed E-state index contributed by atoms with van der Waals surface area (Å²) in [4.78, 5) is 8.81. The zero-order valence-electron chi connectivity index (χ0n) is 12.0. The lowest BCUT2D eigenvalue weighted by molar-refractivity contribution is 0.533. The molecule has 0 aliphatic rings. The summed E-state index contributed by atoms with van der Waals surface area (Å²) >= 11 is 0. The van der Waals surface area contributed by atoms with Crippen molar-refractivity contribution in [3.63, 3.8) is 0 Å². The van der Waals surface area contributed by atoms with E-state index in [0.29, 0.717) is 18.2 Å². The van der Waals surface area contributed by atoms with E-state index in [4.69, 9.17) is 11.5 Å². The van der Waals surface area contributed by atoms with Crippen LogP contribution in [0.1, 0.15) is 25.4 Å². The fraction of sp³-hybridized carbons (Fsp3) is 0.286. The van der Waals surface area contributed by atoms with Crippen LogP contribution in [0.2, 0.25) is 0 Å². The van der Waals surface area contributed by atoms with Crippen molar-refractivity contribution in [2.45, 2.75) is 25.9 Å². The Bertz CT molecular complexity index is 785. The number of hydrogen-bond donors (Lipinski definition) is 2. The van der Waals surface area contributed by atoms with E-state index in [1.54, 1.807) is 10.9 Å². The lowest BCUT2D eigenvalue weighted by Crippen LogP contribution is -2.29. The van der Waals surface area contributed by atoms with Gasteiger partial charge in [0.2, 0.25) is 0 Å². The van der Waals surface area contributed by atoms with Crippen LogP contribution < -0.4 is 11.5 Å². The molecule has 0 unspecified atom stereocenters. The summed E-state index contributed by atoms with van der Waals surface area (Å²) in [7, 11) is 0. The van der Waals surface area contributed by atoms with E-state index < -0.39 is 5.54 Å². The summed E-state index contributed by atoms with van der Waals surface area (Å²) in [6.07, 6.45) is 1.80. The van der Waals surface area contributed by atoms with Gasteiger partial charge >= 0.3 is 0 Å². The molecule has 0 amide bonds. The molecule has 0 radical (unpaired) electrons. The second-order valence-electron chi connectivity index (χ2n) is 5.57. The molecule has 0 aliphatic heterocycles. The van der Waals surface area contributed by atoms with Crippen molar-refractivity contribution in [1.29, 1.82) is 0 Å². The first-order chi connectivity index (χ1) is 9.93. The van der Waals surface area contributed by atoms with Crippen molar-refractivity contribution in [1.82, 2.24) is 25.0 Å². The molecular weight excluding hydrogens is 266 g/mol. The minimum atomic E-state index is -0.526. The normalized spacial score (nSPS) is 12.0. The number of nitrogens with zero attached hydrogens (tertiary/aromatic N) is 5. The molecule has 4 N–H and O–H groups in total. The van der Waals surface area contributed by atoms with Gasteiger partial charge in [-0.3, -0.25) is 0 Å². The van der Waals surface area contributed by atoms with Gasteiger partial charge in [-0.25, -0.2) is 14.6 Å². The molecule has 0 spiro atoms. The summed E-state index contributed by atoms with van der Waals surface area (Å²) in [6, 6.07) is 7.64. The van der Waals surface area contributed by atoms with E-state index in [0.717, 1.165) is 16.6 Å². The highest BCUT2D eigenvalue weighted by Gasteiger charge is 2.18. The molecule has 7 nitrogen and oxygen atoms in total. The number of nitrogens with two attached hydrogens (primary N) is 2. The first kappa shape index (κ1) is 13.4. The van der Waals surface area contributed by atoms with Crippen molar-refractivity contribution >= 4 is 16.7 Å². The van der Waals surface area contributed by atoms with Gasteiger partial charge in [-0.1, -0.05) is 17.3 Å². The third-order valence-corrected chi connectivity index (χ3v) is 3.18. The van der Waals surface area contributed by atoms with Crippen molar-refractivity contribution in [3.05, 3.63) is 42.0 Å². The quantitative estimate of drug-likeness (QED) is 0.743. The Kier molecular flexibility index (Phi) is 3.06. The third kappa shape index (κ3) is 2.68. The fourth-order valence-electron chi connectivity index (χ4n) is 2.04. The van der Waals surface area contributed by atoms with Gasteiger partial charge in [-0.15, -0.1) is 5.10 Å². The minimum Gasteiger partial charge on any atom is -0.383 e. The third-order valence-electron chi connectivity index (χ3n) is 3.18. The summed E-state index contributed by atoms with van der Waals surface area (Å²) < 4.78 is 1.66. The number of para-hydroxylation sites is 1. The molecule has 2 aromatic heterocycles. The summed E-state index contributed by atoms with van der Waals surface area (Å²) in [5.74, 6) is 1.06. The molecule has 0 bridgehead atoms. The summed E-state index contributed by atoms with van der Waals surface area (Å²) in [6.45, 7) is 4.16. The molecule has 0 aliphatic carbocycles. The van der Waals surface area contributed by atoms with Gasteiger partial charge in [0, 0.05) is 5.39 Å². The fourth-order valence-corrected chi connectivity index (χ4v) is 2.04. The highest BCUT2D eigenvalue weighted by molar-refractivity contribution is 5.87. The van der Waals surface area contributed by atoms with Crippen LogP contribution in [0.3, 0.4) is 0 Å². The molecule has 21 heavy (non-hydrogen) atoms. The van der Waals surface area contributed by atoms with E-state index in [2.05, 4.69) is 20.3 Å². The highest BCUT2D eigenvalue weighted by Crippen LogP contribution is 2.18. The lowest BCUT2D eigenvalue weighted by Gasteiger charge is -2.13. The molecule has 7 heteroatoms. The molecule has 3 rings (SSSR count). The van der Waals surface area contributed by atoms with Crippen LogP contribution in [0.4, 0.5) is 5.82 Å². The van der Waals surface area contributed by atoms with Crippen molar-refractivity contribution in [2.75, 3.05) is 5.73 Å². The smallest absolute Gasteiger partial charge is 0.152 e. The predicted octanol–water partition coefficient (Wildman–Crippen LogP) is 1.05. The maximum Gasteiger partial charge on any atom is 0.152 e. The number of aromatic nitrogens is 5. The van der Waals surface area contributed by atoms with Crippen LogP contribution >= 0.6 is 0 Å². The van der Waals surface area contributed by atoms with Crippen LogP contribution in [0.5, 0.6) is 0 Å². The van der Waals surface area contributed by atoms with Crippen LogP contribution in [-0.2, 0) is 12.1 Å². The van der Waals surface area contributed by atoms with E-state index in [1.807, 2.05) is 38.1 Å². The lowest BCUT2D eigenvalue weighted by atomic mass is 10.0. The van der Waals surface area contributed by atoms with Gasteiger partial charge in [-0.05, 0) is 26.0 Å². The van der Waals surface area contributed by atoms with Crippen LogP contribution in [0, 0.1) is 0 Å². The Morgan fingerprint density at radius 1 is 1.19 bits per heavy atom. The molecule has 0 saturated heterocycles. The van der Waals surface area contributed by atoms with E-state index in [-0.39, 0.29) is 0 Å². The Balaban J connectivity index is 1.93. The van der Waals surface area contributed by atoms with E-state index in [1.165, 1.54) is 0 Å². The van der Waals surface area contributed by atoms with Gasteiger partial charge < -0.3 is 11.5 Å². The van der Waals surface area contributed by atoms with Crippen LogP contribution in [0.25, 0.3) is 10.9 Å². The first-order valence-electron chi connectivity index (χ1n) is 6.64. The second kappa shape index (κ2) is 4.78. The van der Waals surface area contributed by atoms with Crippen LogP contribution in [-0.4, -0.2) is 25.0 Å². The Morgan fingerprint density at radius 2 is 1.95 bits per heavy atom. The van der Waals surface area contributed by atoms with E-state index in [9.17, 15) is 0 Å². The SMILES string of the molecule is CC(C)(N)c1cn(Cc2nc(N)c3ccccc3n2)nn1. The molecule has 2 heterocycles. The largest absolute Gasteiger partial charge is 0.383 e. The first-order valence-corrected chi connectivity index (χ1v) is 6.64. The maximum absolute atomic E-state index is 5.99. The molecule has 0 saturated carbocycles. The van der Waals surface area contributed by atoms with Gasteiger partial charge in [0.25, 0.3) is 0 Å². The molecule has 108 valence electrons. The number of nitrogen functional groups attached to an aromatic ring is 1. The van der Waals surface area contributed by atoms with Crippen molar-refractivity contribution in [2.24, 2.45) is 5.73 Å². The number of fused-ring (bicyclic) bond motifs is 1. The molecule has 0 fully saturated rings. The maximum atomic E-state index is 5.99. The Labute approximate surface area is 122 Å². The van der Waals surface area contributed by atoms with Crippen LogP contribution in [0.15, 0.2) is 30.5 Å². The Morgan fingerprint density at radius 3 is 2.67 bits per heavy atom. The number of benzene rings is 1. The summed E-state index contributed by atoms with van der Waals surface area (Å²) in [5.41, 5.74) is 13.0.